The van der Waals surface area contributed by atoms with Crippen molar-refractivity contribution < 1.29 is 0 Å². The highest BCUT2D eigenvalue weighted by molar-refractivity contribution is 6.08. The molecule has 0 saturated heterocycles. The van der Waals surface area contributed by atoms with Gasteiger partial charge in [0.15, 0.2) is 0 Å². The first-order chi connectivity index (χ1) is 9.36. The van der Waals surface area contributed by atoms with Crippen molar-refractivity contribution in [3.05, 3.63) is 42.2 Å². The van der Waals surface area contributed by atoms with E-state index in [-0.39, 0.29) is 0 Å². The van der Waals surface area contributed by atoms with Crippen molar-refractivity contribution in [2.45, 2.75) is 13.1 Å². The summed E-state index contributed by atoms with van der Waals surface area (Å²) in [5.41, 5.74) is 9.27. The van der Waals surface area contributed by atoms with E-state index in [1.165, 1.54) is 21.8 Å². The fourth-order valence-corrected chi connectivity index (χ4v) is 2.73. The van der Waals surface area contributed by atoms with Crippen LogP contribution < -0.4 is 11.1 Å². The van der Waals surface area contributed by atoms with Crippen LogP contribution in [0.5, 0.6) is 0 Å². The average molecular weight is 254 g/mol. The van der Waals surface area contributed by atoms with Gasteiger partial charge < -0.3 is 15.6 Å². The zero-order chi connectivity index (χ0) is 13.2. The van der Waals surface area contributed by atoms with E-state index >= 15 is 0 Å². The minimum absolute atomic E-state index is 0.627. The van der Waals surface area contributed by atoms with Gasteiger partial charge in [-0.2, -0.15) is 0 Å². The van der Waals surface area contributed by atoms with Crippen LogP contribution in [-0.2, 0) is 13.1 Å². The molecule has 0 aliphatic carbocycles. The number of para-hydroxylation sites is 1. The largest absolute Gasteiger partial charge is 0.338 e. The molecule has 2 heterocycles. The summed E-state index contributed by atoms with van der Waals surface area (Å²) in [6, 6.07) is 10.5. The summed E-state index contributed by atoms with van der Waals surface area (Å²) in [4.78, 5) is 4.51. The van der Waals surface area contributed by atoms with E-state index in [1.54, 1.807) is 0 Å². The zero-order valence-electron chi connectivity index (χ0n) is 11.1. The lowest BCUT2D eigenvalue weighted by atomic mass is 10.1. The van der Waals surface area contributed by atoms with Gasteiger partial charge in [-0.15, -0.1) is 0 Å². The summed E-state index contributed by atoms with van der Waals surface area (Å²) in [6.07, 6.45) is 1.88. The maximum atomic E-state index is 5.77. The molecule has 3 N–H and O–H groups in total. The van der Waals surface area contributed by atoms with Crippen LogP contribution >= 0.6 is 0 Å². The lowest BCUT2D eigenvalue weighted by molar-refractivity contribution is 0.739. The smallest absolute Gasteiger partial charge is 0.0784 e. The first-order valence-electron chi connectivity index (χ1n) is 6.56. The van der Waals surface area contributed by atoms with Gasteiger partial charge in [0.2, 0.25) is 0 Å². The number of nitrogens with two attached hydrogens (primary N) is 1. The predicted octanol–water partition coefficient (Wildman–Crippen LogP) is 1.87. The van der Waals surface area contributed by atoms with Gasteiger partial charge in [-0.25, -0.2) is 0 Å². The molecule has 0 saturated carbocycles. The van der Waals surface area contributed by atoms with Crippen LogP contribution in [0, 0.1) is 0 Å². The highest BCUT2D eigenvalue weighted by Gasteiger charge is 2.13. The fourth-order valence-electron chi connectivity index (χ4n) is 2.73. The van der Waals surface area contributed by atoms with E-state index < -0.39 is 0 Å². The van der Waals surface area contributed by atoms with Gasteiger partial charge in [0, 0.05) is 42.1 Å². The normalized spacial score (nSPS) is 11.5. The van der Waals surface area contributed by atoms with Crippen LogP contribution in [0.25, 0.3) is 21.8 Å². The van der Waals surface area contributed by atoms with Crippen molar-refractivity contribution >= 4 is 21.8 Å². The summed E-state index contributed by atoms with van der Waals surface area (Å²) < 4.78 is 2.28. The quantitative estimate of drug-likeness (QED) is 0.747. The molecule has 19 heavy (non-hydrogen) atoms. The Hall–Kier alpha value is -1.91. The SMILES string of the molecule is CNCc1nccc2c3ccccc3n(CCN)c12. The van der Waals surface area contributed by atoms with E-state index in [2.05, 4.69) is 45.2 Å². The van der Waals surface area contributed by atoms with E-state index in [9.17, 15) is 0 Å². The molecule has 0 spiro atoms. The first-order valence-corrected chi connectivity index (χ1v) is 6.56. The van der Waals surface area contributed by atoms with Gasteiger partial charge in [0.05, 0.1) is 11.2 Å². The molecule has 3 rings (SSSR count). The Kier molecular flexibility index (Phi) is 3.19. The Balaban J connectivity index is 2.42. The number of hydrogen-bond donors (Lipinski definition) is 2. The van der Waals surface area contributed by atoms with E-state index in [0.717, 1.165) is 18.8 Å². The second kappa shape index (κ2) is 4.99. The summed E-state index contributed by atoms with van der Waals surface area (Å²) in [5.74, 6) is 0. The number of nitrogens with zero attached hydrogens (tertiary/aromatic N) is 2. The van der Waals surface area contributed by atoms with Gasteiger partial charge in [0.1, 0.15) is 0 Å². The minimum atomic E-state index is 0.627. The van der Waals surface area contributed by atoms with Gasteiger partial charge in [0.25, 0.3) is 0 Å². The minimum Gasteiger partial charge on any atom is -0.338 e. The van der Waals surface area contributed by atoms with E-state index in [0.29, 0.717) is 6.54 Å². The molecule has 0 amide bonds. The third-order valence-corrected chi connectivity index (χ3v) is 3.45. The predicted molar refractivity (Wildman–Crippen MR) is 79.1 cm³/mol. The lowest BCUT2D eigenvalue weighted by Crippen LogP contribution is -2.13. The van der Waals surface area contributed by atoms with Gasteiger partial charge >= 0.3 is 0 Å². The Bertz CT molecular complexity index is 715. The van der Waals surface area contributed by atoms with Crippen LogP contribution in [0.1, 0.15) is 5.69 Å². The lowest BCUT2D eigenvalue weighted by Gasteiger charge is -2.08. The topological polar surface area (TPSA) is 55.9 Å². The summed E-state index contributed by atoms with van der Waals surface area (Å²) >= 11 is 0. The van der Waals surface area contributed by atoms with Crippen molar-refractivity contribution in [3.63, 3.8) is 0 Å². The Morgan fingerprint density at radius 2 is 2.05 bits per heavy atom. The molecule has 0 unspecified atom stereocenters. The number of pyridine rings is 1. The zero-order valence-corrected chi connectivity index (χ0v) is 11.1. The Morgan fingerprint density at radius 3 is 2.84 bits per heavy atom. The van der Waals surface area contributed by atoms with Crippen LogP contribution in [0.15, 0.2) is 36.5 Å². The number of hydrogen-bond acceptors (Lipinski definition) is 3. The summed E-state index contributed by atoms with van der Waals surface area (Å²) in [7, 11) is 1.94. The molecule has 0 atom stereocenters. The fraction of sp³-hybridized carbons (Fsp3) is 0.267. The van der Waals surface area contributed by atoms with Gasteiger partial charge in [-0.1, -0.05) is 18.2 Å². The molecule has 0 fully saturated rings. The maximum Gasteiger partial charge on any atom is 0.0784 e. The average Bonchev–Trinajstić information content (AvgIpc) is 2.76. The van der Waals surface area contributed by atoms with Crippen molar-refractivity contribution in [2.75, 3.05) is 13.6 Å². The highest BCUT2D eigenvalue weighted by atomic mass is 15.0. The molecule has 2 aromatic heterocycles. The highest BCUT2D eigenvalue weighted by Crippen LogP contribution is 2.30. The summed E-state index contributed by atoms with van der Waals surface area (Å²) in [5, 5.41) is 5.71. The third-order valence-electron chi connectivity index (χ3n) is 3.45. The molecule has 4 heteroatoms. The second-order valence-corrected chi connectivity index (χ2v) is 4.64. The number of rotatable bonds is 4. The summed E-state index contributed by atoms with van der Waals surface area (Å²) in [6.45, 7) is 2.20. The van der Waals surface area contributed by atoms with Crippen LogP contribution in [0.4, 0.5) is 0 Å². The maximum absolute atomic E-state index is 5.77. The number of nitrogens with one attached hydrogen (secondary N) is 1. The Morgan fingerprint density at radius 1 is 1.21 bits per heavy atom. The van der Waals surface area contributed by atoms with Crippen molar-refractivity contribution in [1.29, 1.82) is 0 Å². The molecule has 0 aliphatic heterocycles. The standard InChI is InChI=1S/C15H18N4/c1-17-10-13-15-12(6-8-18-13)11-4-2-3-5-14(11)19(15)9-7-16/h2-6,8,17H,7,9-10,16H2,1H3. The van der Waals surface area contributed by atoms with E-state index in [4.69, 9.17) is 5.73 Å². The first kappa shape index (κ1) is 12.1. The van der Waals surface area contributed by atoms with Crippen molar-refractivity contribution in [3.8, 4) is 0 Å². The molecule has 98 valence electrons. The van der Waals surface area contributed by atoms with Crippen molar-refractivity contribution in [1.82, 2.24) is 14.9 Å². The number of benzene rings is 1. The third kappa shape index (κ3) is 1.89. The van der Waals surface area contributed by atoms with Crippen molar-refractivity contribution in [2.24, 2.45) is 5.73 Å². The molecule has 0 bridgehead atoms. The molecule has 3 aromatic rings. The monoisotopic (exact) mass is 254 g/mol. The van der Waals surface area contributed by atoms with E-state index in [1.807, 2.05) is 13.2 Å². The molecular weight excluding hydrogens is 236 g/mol. The van der Waals surface area contributed by atoms with Gasteiger partial charge in [-0.3, -0.25) is 4.98 Å². The second-order valence-electron chi connectivity index (χ2n) is 4.64. The van der Waals surface area contributed by atoms with Crippen LogP contribution in [0.3, 0.4) is 0 Å². The molecule has 1 aromatic carbocycles. The van der Waals surface area contributed by atoms with Gasteiger partial charge in [-0.05, 0) is 19.2 Å². The molecule has 0 radical (unpaired) electrons. The number of fused-ring (bicyclic) bond motifs is 3. The molecule has 4 nitrogen and oxygen atoms in total. The van der Waals surface area contributed by atoms with Crippen LogP contribution in [-0.4, -0.2) is 23.1 Å². The van der Waals surface area contributed by atoms with Crippen LogP contribution in [0.2, 0.25) is 0 Å². The Labute approximate surface area is 112 Å². The number of aromatic nitrogens is 2. The molecular formula is C15H18N4. The molecule has 0 aliphatic rings.